The van der Waals surface area contributed by atoms with Crippen molar-refractivity contribution in [2.45, 2.75) is 64.2 Å². The maximum atomic E-state index is 13.3. The van der Waals surface area contributed by atoms with Crippen LogP contribution in [0.3, 0.4) is 0 Å². The third-order valence-corrected chi connectivity index (χ3v) is 6.08. The van der Waals surface area contributed by atoms with Gasteiger partial charge in [0.15, 0.2) is 0 Å². The molecule has 1 unspecified atom stereocenters. The molecule has 0 spiro atoms. The Labute approximate surface area is 181 Å². The van der Waals surface area contributed by atoms with E-state index in [4.69, 9.17) is 0 Å². The minimum absolute atomic E-state index is 0.0882. The number of fused-ring (bicyclic) bond motifs is 1. The average Bonchev–Trinajstić information content (AvgIpc) is 3.46. The number of aliphatic imine (C=N–C) groups is 1. The monoisotopic (exact) mass is 430 g/mol. The Morgan fingerprint density at radius 3 is 2.61 bits per heavy atom. The summed E-state index contributed by atoms with van der Waals surface area (Å²) in [5.41, 5.74) is 3.81. The number of para-hydroxylation sites is 1. The van der Waals surface area contributed by atoms with E-state index in [1.54, 1.807) is 0 Å². The first-order valence-electron chi connectivity index (χ1n) is 11.0. The van der Waals surface area contributed by atoms with E-state index < -0.39 is 11.9 Å². The molecule has 2 aromatic rings. The Hall–Kier alpha value is -2.57. The van der Waals surface area contributed by atoms with Crippen LogP contribution in [0.4, 0.5) is 18.9 Å². The lowest BCUT2D eigenvalue weighted by atomic mass is 9.96. The summed E-state index contributed by atoms with van der Waals surface area (Å²) >= 11 is 0. The van der Waals surface area contributed by atoms with Gasteiger partial charge in [-0.05, 0) is 66.9 Å². The van der Waals surface area contributed by atoms with Crippen LogP contribution in [0.2, 0.25) is 0 Å². The number of hydrogen-bond donors (Lipinski definition) is 1. The molecule has 1 saturated carbocycles. The number of anilines is 1. The molecule has 1 aliphatic heterocycles. The molecule has 7 heteroatoms. The van der Waals surface area contributed by atoms with E-state index in [-0.39, 0.29) is 12.0 Å². The molecule has 1 atom stereocenters. The number of aryl methyl sites for hydroxylation is 1. The molecular formula is C24H29F3N4. The van der Waals surface area contributed by atoms with E-state index in [9.17, 15) is 13.2 Å². The van der Waals surface area contributed by atoms with E-state index in [0.717, 1.165) is 36.8 Å². The van der Waals surface area contributed by atoms with Crippen LogP contribution < -0.4 is 5.32 Å². The second-order valence-corrected chi connectivity index (χ2v) is 8.74. The van der Waals surface area contributed by atoms with E-state index >= 15 is 0 Å². The van der Waals surface area contributed by atoms with Crippen LogP contribution in [0.25, 0.3) is 5.57 Å². The summed E-state index contributed by atoms with van der Waals surface area (Å²) in [6.45, 7) is 4.54. The molecule has 0 bridgehead atoms. The lowest BCUT2D eigenvalue weighted by Gasteiger charge is -2.26. The highest BCUT2D eigenvalue weighted by Crippen LogP contribution is 2.44. The smallest absolute Gasteiger partial charge is 0.376 e. The normalized spacial score (nSPS) is 20.2. The molecule has 2 aliphatic rings. The second kappa shape index (κ2) is 8.52. The summed E-state index contributed by atoms with van der Waals surface area (Å²) in [6.07, 6.45) is 1.06. The molecular weight excluding hydrogens is 401 g/mol. The highest BCUT2D eigenvalue weighted by molar-refractivity contribution is 6.04. The van der Waals surface area contributed by atoms with Crippen LogP contribution in [0.5, 0.6) is 0 Å². The topological polar surface area (TPSA) is 42.2 Å². The number of nitrogens with one attached hydrogen (secondary N) is 1. The van der Waals surface area contributed by atoms with Gasteiger partial charge in [0, 0.05) is 19.3 Å². The fraction of sp³-hybridized carbons (Fsp3) is 0.500. The van der Waals surface area contributed by atoms with Gasteiger partial charge in [0.1, 0.15) is 5.71 Å². The van der Waals surface area contributed by atoms with Gasteiger partial charge in [0.05, 0.1) is 17.4 Å². The van der Waals surface area contributed by atoms with Gasteiger partial charge >= 0.3 is 6.18 Å². The third-order valence-electron chi connectivity index (χ3n) is 6.08. The van der Waals surface area contributed by atoms with Gasteiger partial charge in [-0.1, -0.05) is 32.0 Å². The summed E-state index contributed by atoms with van der Waals surface area (Å²) in [6, 6.07) is 10.5. The summed E-state index contributed by atoms with van der Waals surface area (Å²) < 4.78 is 41.8. The minimum Gasteiger partial charge on any atom is -0.376 e. The van der Waals surface area contributed by atoms with Crippen LogP contribution in [0, 0.1) is 5.92 Å². The molecule has 1 aromatic carbocycles. The lowest BCUT2D eigenvalue weighted by Crippen LogP contribution is -2.22. The van der Waals surface area contributed by atoms with Crippen molar-refractivity contribution in [3.05, 3.63) is 53.4 Å². The van der Waals surface area contributed by atoms with Gasteiger partial charge in [-0.15, -0.1) is 0 Å². The van der Waals surface area contributed by atoms with Crippen molar-refractivity contribution < 1.29 is 13.2 Å². The quantitative estimate of drug-likeness (QED) is 0.540. The standard InChI is InChI=1S/C24H29F3N4/c1-15(2)18(13-23(28-3)24(25,26)27)21-14-22-20(9-6-12-31(22)30-21)29-19-8-5-4-7-17(19)16-10-11-16/h4-5,7-8,13-16,20,29H,6,9-12H2,1-3H3/b18-13+,28-23?. The van der Waals surface area contributed by atoms with Crippen molar-refractivity contribution in [3.8, 4) is 0 Å². The molecule has 1 aromatic heterocycles. The Balaban J connectivity index is 1.66. The number of allylic oxidation sites excluding steroid dienone is 2. The zero-order valence-electron chi connectivity index (χ0n) is 18.2. The molecule has 166 valence electrons. The van der Waals surface area contributed by atoms with Crippen molar-refractivity contribution in [3.63, 3.8) is 0 Å². The van der Waals surface area contributed by atoms with Crippen molar-refractivity contribution in [1.82, 2.24) is 9.78 Å². The van der Waals surface area contributed by atoms with Gasteiger partial charge in [-0.25, -0.2) is 0 Å². The molecule has 4 nitrogen and oxygen atoms in total. The van der Waals surface area contributed by atoms with Crippen LogP contribution in [-0.4, -0.2) is 28.7 Å². The molecule has 2 heterocycles. The predicted octanol–water partition coefficient (Wildman–Crippen LogP) is 6.38. The highest BCUT2D eigenvalue weighted by atomic mass is 19.4. The maximum absolute atomic E-state index is 13.3. The summed E-state index contributed by atoms with van der Waals surface area (Å²) in [5.74, 6) is 0.524. The molecule has 31 heavy (non-hydrogen) atoms. The molecule has 1 N–H and O–H groups in total. The van der Waals surface area contributed by atoms with Crippen molar-refractivity contribution >= 4 is 17.0 Å². The molecule has 0 saturated heterocycles. The first kappa shape index (κ1) is 21.7. The van der Waals surface area contributed by atoms with Gasteiger partial charge < -0.3 is 5.32 Å². The van der Waals surface area contributed by atoms with Gasteiger partial charge in [0.25, 0.3) is 0 Å². The SMILES string of the molecule is CN=C(/C=C(/c1cc2n(n1)CCCC2Nc1ccccc1C1CC1)C(C)C)C(F)(F)F. The van der Waals surface area contributed by atoms with Crippen LogP contribution >= 0.6 is 0 Å². The highest BCUT2D eigenvalue weighted by Gasteiger charge is 2.35. The van der Waals surface area contributed by atoms with Crippen molar-refractivity contribution in [1.29, 1.82) is 0 Å². The number of alkyl halides is 3. The number of rotatable bonds is 6. The number of benzene rings is 1. The number of halogens is 3. The zero-order chi connectivity index (χ0) is 22.2. The lowest BCUT2D eigenvalue weighted by molar-refractivity contribution is -0.0577. The minimum atomic E-state index is -4.48. The third kappa shape index (κ3) is 4.70. The first-order valence-corrected chi connectivity index (χ1v) is 11.0. The largest absolute Gasteiger partial charge is 0.432 e. The van der Waals surface area contributed by atoms with Crippen LogP contribution in [-0.2, 0) is 6.54 Å². The van der Waals surface area contributed by atoms with Crippen molar-refractivity contribution in [2.24, 2.45) is 10.9 Å². The fourth-order valence-electron chi connectivity index (χ4n) is 4.29. The van der Waals surface area contributed by atoms with E-state index in [0.29, 0.717) is 17.2 Å². The van der Waals surface area contributed by atoms with E-state index in [1.165, 1.54) is 25.5 Å². The average molecular weight is 431 g/mol. The maximum Gasteiger partial charge on any atom is 0.432 e. The van der Waals surface area contributed by atoms with Crippen LogP contribution in [0.1, 0.15) is 68.4 Å². The summed E-state index contributed by atoms with van der Waals surface area (Å²) in [4.78, 5) is 3.46. The Morgan fingerprint density at radius 2 is 1.97 bits per heavy atom. The van der Waals surface area contributed by atoms with E-state index in [1.807, 2.05) is 30.7 Å². The predicted molar refractivity (Wildman–Crippen MR) is 118 cm³/mol. The molecule has 1 fully saturated rings. The zero-order valence-corrected chi connectivity index (χ0v) is 18.2. The number of hydrogen-bond acceptors (Lipinski definition) is 3. The Bertz CT molecular complexity index is 996. The van der Waals surface area contributed by atoms with Crippen LogP contribution in [0.15, 0.2) is 41.4 Å². The molecule has 4 rings (SSSR count). The summed E-state index contributed by atoms with van der Waals surface area (Å²) in [5, 5.41) is 8.39. The van der Waals surface area contributed by atoms with Gasteiger partial charge in [-0.3, -0.25) is 9.67 Å². The number of nitrogens with zero attached hydrogens (tertiary/aromatic N) is 3. The molecule has 1 aliphatic carbocycles. The van der Waals surface area contributed by atoms with Gasteiger partial charge in [-0.2, -0.15) is 18.3 Å². The van der Waals surface area contributed by atoms with Crippen molar-refractivity contribution in [2.75, 3.05) is 12.4 Å². The fourth-order valence-corrected chi connectivity index (χ4v) is 4.29. The molecule has 0 radical (unpaired) electrons. The second-order valence-electron chi connectivity index (χ2n) is 8.74. The van der Waals surface area contributed by atoms with Gasteiger partial charge in [0.2, 0.25) is 0 Å². The number of aromatic nitrogens is 2. The van der Waals surface area contributed by atoms with E-state index in [2.05, 4.69) is 33.6 Å². The Kier molecular flexibility index (Phi) is 5.95. The molecule has 0 amide bonds. The first-order chi connectivity index (χ1) is 14.8. The summed E-state index contributed by atoms with van der Waals surface area (Å²) in [7, 11) is 1.17. The Morgan fingerprint density at radius 1 is 1.23 bits per heavy atom.